The number of hydrogen-bond donors (Lipinski definition) is 0. The van der Waals surface area contributed by atoms with Gasteiger partial charge < -0.3 is 9.80 Å². The summed E-state index contributed by atoms with van der Waals surface area (Å²) < 4.78 is 79.9. The molecule has 5 rings (SSSR count). The van der Waals surface area contributed by atoms with E-state index in [4.69, 9.17) is 11.6 Å². The second-order valence-corrected chi connectivity index (χ2v) is 9.59. The Balaban J connectivity index is 1.39. The van der Waals surface area contributed by atoms with Crippen LogP contribution in [0.2, 0.25) is 5.02 Å². The zero-order valence-electron chi connectivity index (χ0n) is 20.1. The van der Waals surface area contributed by atoms with Crippen molar-refractivity contribution in [3.8, 4) is 0 Å². The maximum Gasteiger partial charge on any atom is 0.451 e. The summed E-state index contributed by atoms with van der Waals surface area (Å²) in [6.45, 7) is 2.30. The standard InChI is InChI=1S/C24H19ClF6N6O2/c1-12(14-9-32-22(33-10-14)24(29,30)31)36-6-7-37-19(21(36)39)15-11-35(5-4-18(15)34-37)20(38)13-2-3-17(25)16(8-13)23(26,27)28/h2-3,8-10,12H,4-7,11H2,1H3. The number of aromatic nitrogens is 4. The second kappa shape index (κ2) is 9.50. The number of nitrogens with zero attached hydrogens (tertiary/aromatic N) is 6. The molecule has 0 spiro atoms. The molecule has 0 bridgehead atoms. The minimum absolute atomic E-state index is 0.0508. The maximum atomic E-state index is 13.5. The Morgan fingerprint density at radius 1 is 1.03 bits per heavy atom. The quantitative estimate of drug-likeness (QED) is 0.422. The first-order valence-corrected chi connectivity index (χ1v) is 12.1. The molecule has 0 aliphatic carbocycles. The van der Waals surface area contributed by atoms with Crippen molar-refractivity contribution in [2.45, 2.75) is 44.8 Å². The molecule has 1 aromatic carbocycles. The van der Waals surface area contributed by atoms with E-state index < -0.39 is 46.6 Å². The fourth-order valence-electron chi connectivity index (χ4n) is 4.75. The minimum atomic E-state index is -4.74. The molecule has 206 valence electrons. The molecule has 2 aromatic heterocycles. The first-order chi connectivity index (χ1) is 18.3. The lowest BCUT2D eigenvalue weighted by Crippen LogP contribution is -2.43. The Morgan fingerprint density at radius 2 is 1.72 bits per heavy atom. The first-order valence-electron chi connectivity index (χ1n) is 11.7. The smallest absolute Gasteiger partial charge is 0.334 e. The predicted molar refractivity (Wildman–Crippen MR) is 124 cm³/mol. The van der Waals surface area contributed by atoms with Gasteiger partial charge in [-0.25, -0.2) is 9.97 Å². The highest BCUT2D eigenvalue weighted by molar-refractivity contribution is 6.31. The molecule has 15 heteroatoms. The van der Waals surface area contributed by atoms with Crippen LogP contribution >= 0.6 is 11.6 Å². The van der Waals surface area contributed by atoms with Crippen LogP contribution in [-0.4, -0.2) is 54.5 Å². The van der Waals surface area contributed by atoms with Crippen molar-refractivity contribution in [2.24, 2.45) is 0 Å². The number of amides is 2. The summed E-state index contributed by atoms with van der Waals surface area (Å²) in [5.74, 6) is -2.39. The summed E-state index contributed by atoms with van der Waals surface area (Å²) >= 11 is 5.67. The van der Waals surface area contributed by atoms with Crippen LogP contribution in [0.1, 0.15) is 62.0 Å². The topological polar surface area (TPSA) is 84.2 Å². The Morgan fingerprint density at radius 3 is 2.36 bits per heavy atom. The number of halogens is 7. The molecule has 0 fully saturated rings. The number of fused-ring (bicyclic) bond motifs is 3. The Labute approximate surface area is 222 Å². The molecule has 0 radical (unpaired) electrons. The summed E-state index contributed by atoms with van der Waals surface area (Å²) in [6.07, 6.45) is -7.10. The lowest BCUT2D eigenvalue weighted by Gasteiger charge is -2.34. The number of hydrogen-bond acceptors (Lipinski definition) is 5. The third-order valence-electron chi connectivity index (χ3n) is 6.80. The molecule has 0 saturated heterocycles. The van der Waals surface area contributed by atoms with Crippen LogP contribution in [0, 0.1) is 0 Å². The molecular formula is C24H19ClF6N6O2. The van der Waals surface area contributed by atoms with Crippen LogP contribution in [0.25, 0.3) is 0 Å². The number of carbonyl (C=O) groups is 2. The van der Waals surface area contributed by atoms with E-state index in [0.717, 1.165) is 18.5 Å². The molecule has 3 aromatic rings. The Hall–Kier alpha value is -3.68. The van der Waals surface area contributed by atoms with Crippen LogP contribution < -0.4 is 0 Å². The van der Waals surface area contributed by atoms with Gasteiger partial charge in [-0.15, -0.1) is 0 Å². The molecule has 4 heterocycles. The second-order valence-electron chi connectivity index (χ2n) is 9.18. The van der Waals surface area contributed by atoms with Gasteiger partial charge in [0.25, 0.3) is 11.8 Å². The normalized spacial score (nSPS) is 16.7. The molecular weight excluding hydrogens is 554 g/mol. The van der Waals surface area contributed by atoms with Crippen molar-refractivity contribution in [2.75, 3.05) is 13.1 Å². The number of rotatable bonds is 3. The zero-order valence-corrected chi connectivity index (χ0v) is 20.9. The van der Waals surface area contributed by atoms with Gasteiger partial charge in [-0.3, -0.25) is 14.3 Å². The van der Waals surface area contributed by atoms with Gasteiger partial charge in [0.2, 0.25) is 5.82 Å². The number of alkyl halides is 6. The molecule has 0 saturated carbocycles. The van der Waals surface area contributed by atoms with E-state index in [0.29, 0.717) is 29.4 Å². The number of benzene rings is 1. The summed E-state index contributed by atoms with van der Waals surface area (Å²) in [6, 6.07) is 2.27. The molecule has 2 aliphatic heterocycles. The molecule has 0 N–H and O–H groups in total. The Bertz CT molecular complexity index is 1450. The summed E-state index contributed by atoms with van der Waals surface area (Å²) in [4.78, 5) is 36.2. The zero-order chi connectivity index (χ0) is 28.3. The van der Waals surface area contributed by atoms with Gasteiger partial charge in [0.1, 0.15) is 5.69 Å². The SMILES string of the molecule is CC(c1cnc(C(F)(F)F)nc1)N1CCn2nc3c(c2C1=O)CN(C(=O)c1ccc(Cl)c(C(F)(F)F)c1)CC3. The molecule has 8 nitrogen and oxygen atoms in total. The Kier molecular flexibility index (Phi) is 6.56. The van der Waals surface area contributed by atoms with Crippen molar-refractivity contribution in [1.29, 1.82) is 0 Å². The summed E-state index contributed by atoms with van der Waals surface area (Å²) in [5.41, 5.74) is 0.286. The lowest BCUT2D eigenvalue weighted by molar-refractivity contribution is -0.145. The van der Waals surface area contributed by atoms with Crippen molar-refractivity contribution < 1.29 is 35.9 Å². The van der Waals surface area contributed by atoms with Gasteiger partial charge in [0.15, 0.2) is 0 Å². The van der Waals surface area contributed by atoms with Gasteiger partial charge in [-0.05, 0) is 25.1 Å². The highest BCUT2D eigenvalue weighted by Crippen LogP contribution is 2.36. The monoisotopic (exact) mass is 572 g/mol. The third-order valence-corrected chi connectivity index (χ3v) is 7.13. The van der Waals surface area contributed by atoms with E-state index in [1.165, 1.54) is 20.5 Å². The van der Waals surface area contributed by atoms with Crippen LogP contribution in [0.5, 0.6) is 0 Å². The van der Waals surface area contributed by atoms with Gasteiger partial charge in [-0.2, -0.15) is 31.4 Å². The largest absolute Gasteiger partial charge is 0.451 e. The lowest BCUT2D eigenvalue weighted by atomic mass is 10.0. The van der Waals surface area contributed by atoms with Crippen molar-refractivity contribution >= 4 is 23.4 Å². The molecule has 2 amide bonds. The van der Waals surface area contributed by atoms with Crippen molar-refractivity contribution in [1.82, 2.24) is 29.5 Å². The van der Waals surface area contributed by atoms with Crippen molar-refractivity contribution in [3.05, 3.63) is 75.1 Å². The molecule has 1 unspecified atom stereocenters. The van der Waals surface area contributed by atoms with Crippen LogP contribution in [0.4, 0.5) is 26.3 Å². The predicted octanol–water partition coefficient (Wildman–Crippen LogP) is 4.78. The highest BCUT2D eigenvalue weighted by atomic mass is 35.5. The van der Waals surface area contributed by atoms with Crippen LogP contribution in [-0.2, 0) is 31.9 Å². The van der Waals surface area contributed by atoms with Crippen LogP contribution in [0.15, 0.2) is 30.6 Å². The van der Waals surface area contributed by atoms with Crippen LogP contribution in [0.3, 0.4) is 0 Å². The average Bonchev–Trinajstić information content (AvgIpc) is 3.26. The van der Waals surface area contributed by atoms with E-state index in [2.05, 4.69) is 15.1 Å². The maximum absolute atomic E-state index is 13.5. The summed E-state index contributed by atoms with van der Waals surface area (Å²) in [7, 11) is 0. The third kappa shape index (κ3) is 4.92. The first kappa shape index (κ1) is 26.9. The summed E-state index contributed by atoms with van der Waals surface area (Å²) in [5, 5.41) is 3.96. The van der Waals surface area contributed by atoms with E-state index in [-0.39, 0.29) is 37.3 Å². The van der Waals surface area contributed by atoms with E-state index in [1.807, 2.05) is 0 Å². The van der Waals surface area contributed by atoms with Gasteiger partial charge in [0, 0.05) is 48.6 Å². The highest BCUT2D eigenvalue weighted by Gasteiger charge is 2.39. The fraction of sp³-hybridized carbons (Fsp3) is 0.375. The van der Waals surface area contributed by atoms with Gasteiger partial charge in [0.05, 0.1) is 35.4 Å². The average molecular weight is 573 g/mol. The number of carbonyl (C=O) groups excluding carboxylic acids is 2. The molecule has 39 heavy (non-hydrogen) atoms. The van der Waals surface area contributed by atoms with E-state index in [9.17, 15) is 35.9 Å². The minimum Gasteiger partial charge on any atom is -0.334 e. The van der Waals surface area contributed by atoms with Gasteiger partial charge >= 0.3 is 12.4 Å². The van der Waals surface area contributed by atoms with Crippen molar-refractivity contribution in [3.63, 3.8) is 0 Å². The van der Waals surface area contributed by atoms with Gasteiger partial charge in [-0.1, -0.05) is 11.6 Å². The fourth-order valence-corrected chi connectivity index (χ4v) is 4.97. The van der Waals surface area contributed by atoms with E-state index in [1.54, 1.807) is 6.92 Å². The molecule has 1 atom stereocenters. The van der Waals surface area contributed by atoms with E-state index >= 15 is 0 Å². The molecule has 2 aliphatic rings.